The van der Waals surface area contributed by atoms with Crippen LogP contribution in [0.4, 0.5) is 0 Å². The van der Waals surface area contributed by atoms with Crippen LogP contribution in [0.25, 0.3) is 0 Å². The molecule has 70 valence electrons. The molecular formula is C11H14ClN. The van der Waals surface area contributed by atoms with Crippen molar-refractivity contribution < 1.29 is 0 Å². The lowest BCUT2D eigenvalue weighted by Gasteiger charge is -2.00. The summed E-state index contributed by atoms with van der Waals surface area (Å²) in [6.07, 6.45) is 1.31. The smallest absolute Gasteiger partial charge is 0.0408 e. The molecule has 1 N–H and O–H groups in total. The molecule has 0 spiro atoms. The Labute approximate surface area is 84.1 Å². The van der Waals surface area contributed by atoms with Crippen LogP contribution >= 0.6 is 11.6 Å². The molecule has 0 saturated heterocycles. The van der Waals surface area contributed by atoms with Crippen molar-refractivity contribution in [3.05, 3.63) is 34.9 Å². The Kier molecular flexibility index (Phi) is 2.56. The third kappa shape index (κ3) is 2.04. The lowest BCUT2D eigenvalue weighted by Crippen LogP contribution is -2.10. The molecule has 0 heterocycles. The molecule has 2 atom stereocenters. The van der Waals surface area contributed by atoms with Crippen LogP contribution in [0.15, 0.2) is 24.3 Å². The van der Waals surface area contributed by atoms with E-state index < -0.39 is 0 Å². The topological polar surface area (TPSA) is 12.0 Å². The lowest BCUT2D eigenvalue weighted by atomic mass is 10.1. The van der Waals surface area contributed by atoms with Crippen LogP contribution in [0.3, 0.4) is 0 Å². The maximum absolute atomic E-state index is 5.93. The van der Waals surface area contributed by atoms with Gasteiger partial charge in [0.2, 0.25) is 0 Å². The normalized spacial score (nSPS) is 26.0. The van der Waals surface area contributed by atoms with Crippen LogP contribution in [0.5, 0.6) is 0 Å². The zero-order chi connectivity index (χ0) is 9.26. The third-order valence-electron chi connectivity index (χ3n) is 2.67. The molecule has 1 aliphatic carbocycles. The summed E-state index contributed by atoms with van der Waals surface area (Å²) in [6, 6.07) is 8.22. The molecule has 0 aliphatic heterocycles. The molecule has 0 radical (unpaired) electrons. The van der Waals surface area contributed by atoms with E-state index in [2.05, 4.69) is 17.4 Å². The zero-order valence-electron chi connectivity index (χ0n) is 7.76. The predicted octanol–water partition coefficient (Wildman–Crippen LogP) is 2.66. The Balaban J connectivity index is 2.03. The van der Waals surface area contributed by atoms with Crippen molar-refractivity contribution in [3.63, 3.8) is 0 Å². The van der Waals surface area contributed by atoms with Crippen molar-refractivity contribution in [1.82, 2.24) is 5.32 Å². The van der Waals surface area contributed by atoms with Crippen LogP contribution in [0.1, 0.15) is 17.9 Å². The van der Waals surface area contributed by atoms with Crippen molar-refractivity contribution in [2.24, 2.45) is 5.92 Å². The molecule has 0 bridgehead atoms. The second-order valence-electron chi connectivity index (χ2n) is 3.71. The zero-order valence-corrected chi connectivity index (χ0v) is 8.51. The Bertz CT molecular complexity index is 298. The number of hydrogen-bond donors (Lipinski definition) is 1. The van der Waals surface area contributed by atoms with Gasteiger partial charge in [0.05, 0.1) is 0 Å². The van der Waals surface area contributed by atoms with Gasteiger partial charge < -0.3 is 5.32 Å². The van der Waals surface area contributed by atoms with Gasteiger partial charge in [-0.1, -0.05) is 23.7 Å². The fourth-order valence-corrected chi connectivity index (χ4v) is 2.08. The summed E-state index contributed by atoms with van der Waals surface area (Å²) in [6.45, 7) is 1.12. The molecule has 1 aromatic rings. The van der Waals surface area contributed by atoms with Crippen LogP contribution in [-0.4, -0.2) is 13.6 Å². The second kappa shape index (κ2) is 3.69. The molecule has 1 saturated carbocycles. The third-order valence-corrected chi connectivity index (χ3v) is 2.90. The highest BCUT2D eigenvalue weighted by Crippen LogP contribution is 2.47. The first-order chi connectivity index (χ1) is 6.31. The molecule has 2 rings (SSSR count). The maximum Gasteiger partial charge on any atom is 0.0408 e. The molecule has 1 aliphatic rings. The van der Waals surface area contributed by atoms with E-state index in [-0.39, 0.29) is 0 Å². The van der Waals surface area contributed by atoms with Gasteiger partial charge in [0.15, 0.2) is 0 Å². The van der Waals surface area contributed by atoms with E-state index in [4.69, 9.17) is 11.6 Å². The molecule has 1 aromatic carbocycles. The van der Waals surface area contributed by atoms with Gasteiger partial charge >= 0.3 is 0 Å². The van der Waals surface area contributed by atoms with Crippen LogP contribution in [-0.2, 0) is 0 Å². The highest BCUT2D eigenvalue weighted by atomic mass is 35.5. The minimum Gasteiger partial charge on any atom is -0.319 e. The molecule has 2 heteroatoms. The molecule has 13 heavy (non-hydrogen) atoms. The average molecular weight is 196 g/mol. The van der Waals surface area contributed by atoms with E-state index >= 15 is 0 Å². The van der Waals surface area contributed by atoms with Crippen LogP contribution < -0.4 is 5.32 Å². The number of rotatable bonds is 3. The van der Waals surface area contributed by atoms with Crippen molar-refractivity contribution >= 4 is 11.6 Å². The molecule has 1 fully saturated rings. The second-order valence-corrected chi connectivity index (χ2v) is 4.15. The largest absolute Gasteiger partial charge is 0.319 e. The summed E-state index contributed by atoms with van der Waals surface area (Å²) in [5.41, 5.74) is 1.40. The fraction of sp³-hybridized carbons (Fsp3) is 0.455. The number of nitrogens with one attached hydrogen (secondary N) is 1. The van der Waals surface area contributed by atoms with Gasteiger partial charge in [-0.05, 0) is 49.5 Å². The van der Waals surface area contributed by atoms with Gasteiger partial charge in [0.1, 0.15) is 0 Å². The van der Waals surface area contributed by atoms with Crippen molar-refractivity contribution in [2.45, 2.75) is 12.3 Å². The monoisotopic (exact) mass is 195 g/mol. The number of benzene rings is 1. The lowest BCUT2D eigenvalue weighted by molar-refractivity contribution is 0.698. The van der Waals surface area contributed by atoms with Crippen LogP contribution in [0.2, 0.25) is 5.02 Å². The van der Waals surface area contributed by atoms with Gasteiger partial charge in [0, 0.05) is 5.02 Å². The first-order valence-electron chi connectivity index (χ1n) is 4.71. The number of hydrogen-bond acceptors (Lipinski definition) is 1. The Morgan fingerprint density at radius 2 is 2.38 bits per heavy atom. The Morgan fingerprint density at radius 1 is 1.54 bits per heavy atom. The van der Waals surface area contributed by atoms with Crippen LogP contribution in [0, 0.1) is 5.92 Å². The van der Waals surface area contributed by atoms with E-state index in [1.807, 2.05) is 19.2 Å². The van der Waals surface area contributed by atoms with Gasteiger partial charge in [-0.2, -0.15) is 0 Å². The molecule has 0 amide bonds. The van der Waals surface area contributed by atoms with E-state index in [9.17, 15) is 0 Å². The van der Waals surface area contributed by atoms with E-state index in [0.29, 0.717) is 0 Å². The SMILES string of the molecule is CNC[C@@H]1C[C@H]1c1cccc(Cl)c1. The van der Waals surface area contributed by atoms with Gasteiger partial charge in [-0.25, -0.2) is 0 Å². The average Bonchev–Trinajstić information content (AvgIpc) is 2.85. The van der Waals surface area contributed by atoms with Crippen molar-refractivity contribution in [1.29, 1.82) is 0 Å². The minimum absolute atomic E-state index is 0.742. The first kappa shape index (κ1) is 9.04. The van der Waals surface area contributed by atoms with Crippen molar-refractivity contribution in [2.75, 3.05) is 13.6 Å². The highest BCUT2D eigenvalue weighted by molar-refractivity contribution is 6.30. The summed E-state index contributed by atoms with van der Waals surface area (Å²) in [4.78, 5) is 0. The maximum atomic E-state index is 5.93. The standard InChI is InChI=1S/C11H14ClN/c1-13-7-9-6-11(9)8-3-2-4-10(12)5-8/h2-5,9,11,13H,6-7H2,1H3/t9-,11-/m0/s1. The summed E-state index contributed by atoms with van der Waals surface area (Å²) in [5.74, 6) is 1.56. The van der Waals surface area contributed by atoms with Gasteiger partial charge in [0.25, 0.3) is 0 Å². The summed E-state index contributed by atoms with van der Waals surface area (Å²) in [7, 11) is 2.01. The Hall–Kier alpha value is -0.530. The van der Waals surface area contributed by atoms with Gasteiger partial charge in [-0.3, -0.25) is 0 Å². The molecule has 1 nitrogen and oxygen atoms in total. The minimum atomic E-state index is 0.742. The molecule has 0 aromatic heterocycles. The predicted molar refractivity (Wildman–Crippen MR) is 56.2 cm³/mol. The van der Waals surface area contributed by atoms with Crippen molar-refractivity contribution in [3.8, 4) is 0 Å². The number of halogens is 1. The van der Waals surface area contributed by atoms with E-state index in [1.165, 1.54) is 12.0 Å². The Morgan fingerprint density at radius 3 is 3.08 bits per heavy atom. The molecule has 0 unspecified atom stereocenters. The fourth-order valence-electron chi connectivity index (χ4n) is 1.88. The first-order valence-corrected chi connectivity index (χ1v) is 5.09. The highest BCUT2D eigenvalue weighted by Gasteiger charge is 2.37. The van der Waals surface area contributed by atoms with Gasteiger partial charge in [-0.15, -0.1) is 0 Å². The summed E-state index contributed by atoms with van der Waals surface area (Å²) < 4.78 is 0. The quantitative estimate of drug-likeness (QED) is 0.782. The molecular weight excluding hydrogens is 182 g/mol. The summed E-state index contributed by atoms with van der Waals surface area (Å²) in [5, 5.41) is 4.07. The van der Waals surface area contributed by atoms with E-state index in [0.717, 1.165) is 23.4 Å². The summed E-state index contributed by atoms with van der Waals surface area (Å²) >= 11 is 5.93. The van der Waals surface area contributed by atoms with E-state index in [1.54, 1.807) is 0 Å².